The van der Waals surface area contributed by atoms with E-state index >= 15 is 0 Å². The number of hydrogen-bond acceptors (Lipinski definition) is 6. The number of carbonyl (C=O) groups is 2. The number of anilines is 1. The highest BCUT2D eigenvalue weighted by Crippen LogP contribution is 2.22. The van der Waals surface area contributed by atoms with E-state index in [1.165, 1.54) is 4.90 Å². The minimum absolute atomic E-state index is 0.131. The number of rotatable bonds is 4. The maximum absolute atomic E-state index is 12.3. The Labute approximate surface area is 114 Å². The van der Waals surface area contributed by atoms with Gasteiger partial charge in [-0.15, -0.1) is 10.2 Å². The molecule has 0 saturated carbocycles. The van der Waals surface area contributed by atoms with Crippen LogP contribution in [0.25, 0.3) is 0 Å². The number of aromatic amines is 1. The molecule has 0 spiro atoms. The van der Waals surface area contributed by atoms with Crippen LogP contribution in [0.4, 0.5) is 5.69 Å². The van der Waals surface area contributed by atoms with Crippen LogP contribution in [-0.2, 0) is 16.1 Å². The molecule has 2 N–H and O–H groups in total. The van der Waals surface area contributed by atoms with Crippen molar-refractivity contribution < 1.29 is 9.59 Å². The first kappa shape index (κ1) is 12.4. The Bertz CT molecular complexity index is 612. The summed E-state index contributed by atoms with van der Waals surface area (Å²) < 4.78 is 0. The maximum Gasteiger partial charge on any atom is 0.251 e. The molecule has 0 bridgehead atoms. The fourth-order valence-electron chi connectivity index (χ4n) is 2.11. The van der Waals surface area contributed by atoms with E-state index in [4.69, 9.17) is 0 Å². The zero-order valence-electron chi connectivity index (χ0n) is 10.5. The number of hydrogen-bond donors (Lipinski definition) is 2. The van der Waals surface area contributed by atoms with Crippen LogP contribution in [0.1, 0.15) is 12.2 Å². The van der Waals surface area contributed by atoms with Gasteiger partial charge in [0, 0.05) is 0 Å². The molecule has 8 heteroatoms. The number of carbonyl (C=O) groups excluding carboxylic acids is 2. The van der Waals surface area contributed by atoms with Gasteiger partial charge in [-0.1, -0.05) is 23.4 Å². The minimum Gasteiger partial charge on any atom is -0.298 e. The lowest BCUT2D eigenvalue weighted by Gasteiger charge is -2.14. The molecule has 2 aromatic rings. The number of tetrazole rings is 1. The minimum atomic E-state index is -0.554. The predicted octanol–water partition coefficient (Wildman–Crippen LogP) is -0.379. The summed E-state index contributed by atoms with van der Waals surface area (Å²) in [6, 6.07) is 8.32. The molecule has 1 fully saturated rings. The predicted molar refractivity (Wildman–Crippen MR) is 68.4 cm³/mol. The lowest BCUT2D eigenvalue weighted by Crippen LogP contribution is -2.38. The van der Waals surface area contributed by atoms with Gasteiger partial charge >= 0.3 is 0 Å². The van der Waals surface area contributed by atoms with Crippen molar-refractivity contribution in [3.63, 3.8) is 0 Å². The molecule has 102 valence electrons. The van der Waals surface area contributed by atoms with Crippen molar-refractivity contribution in [2.24, 2.45) is 0 Å². The number of nitrogens with zero attached hydrogens (tertiary/aromatic N) is 4. The Morgan fingerprint density at radius 3 is 2.80 bits per heavy atom. The van der Waals surface area contributed by atoms with Crippen LogP contribution in [-0.4, -0.2) is 38.5 Å². The molecule has 1 aromatic carbocycles. The van der Waals surface area contributed by atoms with Crippen LogP contribution in [0.3, 0.4) is 0 Å². The molecule has 3 rings (SSSR count). The van der Waals surface area contributed by atoms with E-state index in [-0.39, 0.29) is 24.8 Å². The third kappa shape index (κ3) is 2.28. The van der Waals surface area contributed by atoms with E-state index in [1.54, 1.807) is 24.3 Å². The quantitative estimate of drug-likeness (QED) is 0.735. The summed E-state index contributed by atoms with van der Waals surface area (Å²) in [4.78, 5) is 25.4. The molecular formula is C12H12N6O2. The van der Waals surface area contributed by atoms with Crippen molar-refractivity contribution in [3.05, 3.63) is 36.2 Å². The SMILES string of the molecule is O=C1CC(NCc2nn[nH]n2)C(=O)N1c1ccccc1. The smallest absolute Gasteiger partial charge is 0.251 e. The summed E-state index contributed by atoms with van der Waals surface area (Å²) in [7, 11) is 0. The van der Waals surface area contributed by atoms with Crippen LogP contribution in [0.2, 0.25) is 0 Å². The summed E-state index contributed by atoms with van der Waals surface area (Å²) in [5.41, 5.74) is 0.589. The molecule has 20 heavy (non-hydrogen) atoms. The van der Waals surface area contributed by atoms with Crippen LogP contribution in [0.15, 0.2) is 30.3 Å². The zero-order valence-corrected chi connectivity index (χ0v) is 10.5. The summed E-state index contributed by atoms with van der Waals surface area (Å²) in [6.45, 7) is 0.281. The Balaban J connectivity index is 1.70. The summed E-state index contributed by atoms with van der Waals surface area (Å²) >= 11 is 0. The molecule has 0 aliphatic carbocycles. The number of benzene rings is 1. The van der Waals surface area contributed by atoms with Gasteiger partial charge in [-0.3, -0.25) is 14.9 Å². The number of nitrogens with one attached hydrogen (secondary N) is 2. The fraction of sp³-hybridized carbons (Fsp3) is 0.250. The van der Waals surface area contributed by atoms with Crippen molar-refractivity contribution in [3.8, 4) is 0 Å². The van der Waals surface area contributed by atoms with E-state index in [0.29, 0.717) is 11.5 Å². The molecule has 1 aliphatic heterocycles. The zero-order chi connectivity index (χ0) is 13.9. The molecule has 2 amide bonds. The van der Waals surface area contributed by atoms with E-state index in [2.05, 4.69) is 25.9 Å². The molecule has 1 unspecified atom stereocenters. The van der Waals surface area contributed by atoms with Crippen molar-refractivity contribution in [2.75, 3.05) is 4.90 Å². The lowest BCUT2D eigenvalue weighted by molar-refractivity contribution is -0.121. The molecule has 2 heterocycles. The van der Waals surface area contributed by atoms with Crippen LogP contribution in [0.5, 0.6) is 0 Å². The van der Waals surface area contributed by atoms with Gasteiger partial charge in [0.2, 0.25) is 5.91 Å². The lowest BCUT2D eigenvalue weighted by atomic mass is 10.2. The van der Waals surface area contributed by atoms with E-state index in [0.717, 1.165) is 0 Å². The Hall–Kier alpha value is -2.61. The van der Waals surface area contributed by atoms with Crippen molar-refractivity contribution >= 4 is 17.5 Å². The molecule has 1 atom stereocenters. The topological polar surface area (TPSA) is 104 Å². The first-order valence-electron chi connectivity index (χ1n) is 6.13. The van der Waals surface area contributed by atoms with Gasteiger partial charge < -0.3 is 0 Å². The maximum atomic E-state index is 12.3. The second-order valence-electron chi connectivity index (χ2n) is 4.37. The van der Waals surface area contributed by atoms with E-state index in [1.807, 2.05) is 6.07 Å². The van der Waals surface area contributed by atoms with Gasteiger partial charge in [0.25, 0.3) is 5.91 Å². The highest BCUT2D eigenvalue weighted by Gasteiger charge is 2.39. The first-order valence-corrected chi connectivity index (χ1v) is 6.13. The number of amides is 2. The van der Waals surface area contributed by atoms with E-state index in [9.17, 15) is 9.59 Å². The Kier molecular flexibility index (Phi) is 3.21. The fourth-order valence-corrected chi connectivity index (χ4v) is 2.11. The van der Waals surface area contributed by atoms with Crippen molar-refractivity contribution in [2.45, 2.75) is 19.0 Å². The Morgan fingerprint density at radius 2 is 2.10 bits per heavy atom. The van der Waals surface area contributed by atoms with Crippen molar-refractivity contribution in [1.82, 2.24) is 25.9 Å². The highest BCUT2D eigenvalue weighted by atomic mass is 16.2. The van der Waals surface area contributed by atoms with Gasteiger partial charge in [0.1, 0.15) is 0 Å². The molecule has 1 aliphatic rings. The van der Waals surface area contributed by atoms with Crippen LogP contribution < -0.4 is 10.2 Å². The molecule has 1 saturated heterocycles. The summed E-state index contributed by atoms with van der Waals surface area (Å²) in [5.74, 6) is -0.0279. The first-order chi connectivity index (χ1) is 9.75. The molecule has 1 aromatic heterocycles. The second kappa shape index (κ2) is 5.17. The third-order valence-electron chi connectivity index (χ3n) is 3.06. The second-order valence-corrected chi connectivity index (χ2v) is 4.37. The average molecular weight is 272 g/mol. The number of H-pyrrole nitrogens is 1. The van der Waals surface area contributed by atoms with Gasteiger partial charge in [-0.05, 0) is 12.1 Å². The normalized spacial score (nSPS) is 18.8. The Morgan fingerprint density at radius 1 is 1.30 bits per heavy atom. The highest BCUT2D eigenvalue weighted by molar-refractivity contribution is 6.22. The molecule has 0 radical (unpaired) electrons. The number of para-hydroxylation sites is 1. The third-order valence-corrected chi connectivity index (χ3v) is 3.06. The summed E-state index contributed by atoms with van der Waals surface area (Å²) in [5, 5.41) is 16.3. The van der Waals surface area contributed by atoms with E-state index < -0.39 is 6.04 Å². The van der Waals surface area contributed by atoms with Crippen molar-refractivity contribution in [1.29, 1.82) is 0 Å². The monoisotopic (exact) mass is 272 g/mol. The summed E-state index contributed by atoms with van der Waals surface area (Å²) in [6.07, 6.45) is 0.131. The van der Waals surface area contributed by atoms with Gasteiger partial charge in [-0.2, -0.15) is 5.21 Å². The van der Waals surface area contributed by atoms with Gasteiger partial charge in [0.05, 0.1) is 24.7 Å². The number of aromatic nitrogens is 4. The standard InChI is InChI=1S/C12H12N6O2/c19-11-6-9(13-7-10-14-16-17-15-10)12(20)18(11)8-4-2-1-3-5-8/h1-5,9,13H,6-7H2,(H,14,15,16,17). The molecular weight excluding hydrogens is 260 g/mol. The van der Waals surface area contributed by atoms with Crippen LogP contribution in [0, 0.1) is 0 Å². The van der Waals surface area contributed by atoms with Gasteiger partial charge in [0.15, 0.2) is 5.82 Å². The van der Waals surface area contributed by atoms with Crippen LogP contribution >= 0.6 is 0 Å². The van der Waals surface area contributed by atoms with Gasteiger partial charge in [-0.25, -0.2) is 4.90 Å². The largest absolute Gasteiger partial charge is 0.298 e. The number of imide groups is 1. The average Bonchev–Trinajstić information content (AvgIpc) is 3.06. The molecule has 8 nitrogen and oxygen atoms in total.